The second kappa shape index (κ2) is 4.99. The van der Waals surface area contributed by atoms with Gasteiger partial charge in [0.15, 0.2) is 5.76 Å². The summed E-state index contributed by atoms with van der Waals surface area (Å²) in [7, 11) is 0. The number of hydrogen-bond acceptors (Lipinski definition) is 3. The third kappa shape index (κ3) is 2.73. The summed E-state index contributed by atoms with van der Waals surface area (Å²) in [4.78, 5) is 12.4. The fourth-order valence-electron chi connectivity index (χ4n) is 1.19. The SMILES string of the molecule is O=C(CSc1ccc(F)cc1)c1ccco1. The van der Waals surface area contributed by atoms with Crippen molar-refractivity contribution in [3.63, 3.8) is 0 Å². The van der Waals surface area contributed by atoms with Crippen LogP contribution in [-0.4, -0.2) is 11.5 Å². The maximum atomic E-state index is 12.6. The van der Waals surface area contributed by atoms with Crippen LogP contribution in [0.25, 0.3) is 0 Å². The van der Waals surface area contributed by atoms with E-state index in [-0.39, 0.29) is 11.6 Å². The molecule has 0 spiro atoms. The van der Waals surface area contributed by atoms with Gasteiger partial charge in [0.05, 0.1) is 12.0 Å². The van der Waals surface area contributed by atoms with Crippen molar-refractivity contribution in [3.05, 3.63) is 54.2 Å². The van der Waals surface area contributed by atoms with E-state index in [1.165, 1.54) is 30.2 Å². The van der Waals surface area contributed by atoms with Crippen LogP contribution in [0.3, 0.4) is 0 Å². The van der Waals surface area contributed by atoms with Gasteiger partial charge in [-0.1, -0.05) is 0 Å². The summed E-state index contributed by atoms with van der Waals surface area (Å²) < 4.78 is 17.6. The summed E-state index contributed by atoms with van der Waals surface area (Å²) in [5, 5.41) is 0. The van der Waals surface area contributed by atoms with Crippen LogP contribution < -0.4 is 0 Å². The van der Waals surface area contributed by atoms with Crippen molar-refractivity contribution in [2.45, 2.75) is 4.90 Å². The Morgan fingerprint density at radius 1 is 1.25 bits per heavy atom. The summed E-state index contributed by atoms with van der Waals surface area (Å²) >= 11 is 1.36. The molecule has 0 saturated carbocycles. The van der Waals surface area contributed by atoms with Crippen LogP contribution in [0.2, 0.25) is 0 Å². The van der Waals surface area contributed by atoms with Gasteiger partial charge < -0.3 is 4.42 Å². The van der Waals surface area contributed by atoms with E-state index in [0.29, 0.717) is 11.5 Å². The molecule has 0 amide bonds. The normalized spacial score (nSPS) is 10.3. The molecule has 0 fully saturated rings. The number of carbonyl (C=O) groups excluding carboxylic acids is 1. The molecule has 2 aromatic rings. The smallest absolute Gasteiger partial charge is 0.208 e. The van der Waals surface area contributed by atoms with Crippen molar-refractivity contribution in [1.29, 1.82) is 0 Å². The molecule has 0 bridgehead atoms. The number of hydrogen-bond donors (Lipinski definition) is 0. The van der Waals surface area contributed by atoms with Gasteiger partial charge in [0.2, 0.25) is 5.78 Å². The summed E-state index contributed by atoms with van der Waals surface area (Å²) in [6, 6.07) is 9.35. The van der Waals surface area contributed by atoms with Crippen molar-refractivity contribution in [2.24, 2.45) is 0 Å². The lowest BCUT2D eigenvalue weighted by molar-refractivity contribution is 0.0992. The van der Waals surface area contributed by atoms with Crippen molar-refractivity contribution in [1.82, 2.24) is 0 Å². The molecular weight excluding hydrogens is 227 g/mol. The predicted molar refractivity (Wildman–Crippen MR) is 60.2 cm³/mol. The number of carbonyl (C=O) groups is 1. The van der Waals surface area contributed by atoms with Crippen LogP contribution in [0.4, 0.5) is 4.39 Å². The largest absolute Gasteiger partial charge is 0.461 e. The number of ketones is 1. The number of rotatable bonds is 4. The minimum absolute atomic E-state index is 0.0701. The lowest BCUT2D eigenvalue weighted by Gasteiger charge is -1.99. The first kappa shape index (κ1) is 11.0. The van der Waals surface area contributed by atoms with Crippen molar-refractivity contribution in [3.8, 4) is 0 Å². The van der Waals surface area contributed by atoms with Gasteiger partial charge in [-0.3, -0.25) is 4.79 Å². The highest BCUT2D eigenvalue weighted by atomic mass is 32.2. The average Bonchev–Trinajstić information content (AvgIpc) is 2.81. The molecule has 0 radical (unpaired) electrons. The van der Waals surface area contributed by atoms with Crippen molar-refractivity contribution in [2.75, 3.05) is 5.75 Å². The Labute approximate surface area is 96.5 Å². The Balaban J connectivity index is 1.93. The van der Waals surface area contributed by atoms with Crippen molar-refractivity contribution >= 4 is 17.5 Å². The first-order valence-corrected chi connectivity index (χ1v) is 5.69. The van der Waals surface area contributed by atoms with Crippen LogP contribution in [0.15, 0.2) is 52.0 Å². The van der Waals surface area contributed by atoms with Gasteiger partial charge in [0.25, 0.3) is 0 Å². The summed E-state index contributed by atoms with van der Waals surface area (Å²) in [6.45, 7) is 0. The Bertz CT molecular complexity index is 462. The highest BCUT2D eigenvalue weighted by Crippen LogP contribution is 2.19. The first-order valence-electron chi connectivity index (χ1n) is 4.71. The Kier molecular flexibility index (Phi) is 3.41. The van der Waals surface area contributed by atoms with Crippen LogP contribution in [0, 0.1) is 5.82 Å². The van der Waals surface area contributed by atoms with Crippen LogP contribution >= 0.6 is 11.8 Å². The van der Waals surface area contributed by atoms with Gasteiger partial charge in [-0.15, -0.1) is 11.8 Å². The van der Waals surface area contributed by atoms with E-state index in [2.05, 4.69) is 0 Å². The fourth-order valence-corrected chi connectivity index (χ4v) is 1.96. The maximum absolute atomic E-state index is 12.6. The molecule has 1 aromatic heterocycles. The van der Waals surface area contributed by atoms with Gasteiger partial charge >= 0.3 is 0 Å². The number of furan rings is 1. The third-order valence-corrected chi connectivity index (χ3v) is 2.99. The minimum Gasteiger partial charge on any atom is -0.461 e. The molecular formula is C12H9FO2S. The van der Waals surface area contributed by atoms with E-state index in [1.54, 1.807) is 24.3 Å². The van der Waals surface area contributed by atoms with Crippen LogP contribution in [0.1, 0.15) is 10.6 Å². The Hall–Kier alpha value is -1.55. The zero-order valence-corrected chi connectivity index (χ0v) is 9.17. The van der Waals surface area contributed by atoms with Crippen molar-refractivity contribution < 1.29 is 13.6 Å². The number of halogens is 1. The molecule has 0 N–H and O–H groups in total. The highest BCUT2D eigenvalue weighted by molar-refractivity contribution is 8.00. The molecule has 0 unspecified atom stereocenters. The molecule has 2 rings (SSSR count). The van der Waals surface area contributed by atoms with E-state index in [9.17, 15) is 9.18 Å². The molecule has 0 aliphatic rings. The predicted octanol–water partition coefficient (Wildman–Crippen LogP) is 3.39. The monoisotopic (exact) mass is 236 g/mol. The number of thioether (sulfide) groups is 1. The van der Waals surface area contributed by atoms with Gasteiger partial charge in [-0.05, 0) is 36.4 Å². The van der Waals surface area contributed by atoms with Gasteiger partial charge in [-0.2, -0.15) is 0 Å². The van der Waals surface area contributed by atoms with Gasteiger partial charge in [-0.25, -0.2) is 4.39 Å². The van der Waals surface area contributed by atoms with Gasteiger partial charge in [0.1, 0.15) is 5.82 Å². The number of benzene rings is 1. The number of Topliss-reactive ketones (excluding diaryl/α,β-unsaturated/α-hetero) is 1. The standard InChI is InChI=1S/C12H9FO2S/c13-9-3-5-10(6-4-9)16-8-11(14)12-2-1-7-15-12/h1-7H,8H2. The Morgan fingerprint density at radius 3 is 2.62 bits per heavy atom. The summed E-state index contributed by atoms with van der Waals surface area (Å²) in [6.07, 6.45) is 1.47. The minimum atomic E-state index is -0.276. The third-order valence-electron chi connectivity index (χ3n) is 1.98. The molecule has 82 valence electrons. The molecule has 4 heteroatoms. The summed E-state index contributed by atoms with van der Waals surface area (Å²) in [5.74, 6) is 0.301. The fraction of sp³-hybridized carbons (Fsp3) is 0.0833. The molecule has 0 atom stereocenters. The van der Waals surface area contributed by atoms with Gasteiger partial charge in [0, 0.05) is 4.90 Å². The maximum Gasteiger partial charge on any atom is 0.208 e. The van der Waals surface area contributed by atoms with E-state index in [0.717, 1.165) is 4.90 Å². The van der Waals surface area contributed by atoms with E-state index in [1.807, 2.05) is 0 Å². The lowest BCUT2D eigenvalue weighted by atomic mass is 10.3. The molecule has 1 aromatic carbocycles. The zero-order valence-electron chi connectivity index (χ0n) is 8.35. The second-order valence-corrected chi connectivity index (χ2v) is 4.19. The zero-order chi connectivity index (χ0) is 11.4. The molecule has 0 aliphatic heterocycles. The van der Waals surface area contributed by atoms with Crippen LogP contribution in [-0.2, 0) is 0 Å². The molecule has 1 heterocycles. The van der Waals surface area contributed by atoms with E-state index >= 15 is 0 Å². The lowest BCUT2D eigenvalue weighted by Crippen LogP contribution is -2.00. The first-order chi connectivity index (χ1) is 7.75. The highest BCUT2D eigenvalue weighted by Gasteiger charge is 2.08. The second-order valence-electron chi connectivity index (χ2n) is 3.14. The average molecular weight is 236 g/mol. The quantitative estimate of drug-likeness (QED) is 0.602. The molecule has 0 saturated heterocycles. The van der Waals surface area contributed by atoms with E-state index < -0.39 is 0 Å². The Morgan fingerprint density at radius 2 is 2.00 bits per heavy atom. The molecule has 0 aliphatic carbocycles. The molecule has 16 heavy (non-hydrogen) atoms. The topological polar surface area (TPSA) is 30.2 Å². The van der Waals surface area contributed by atoms with Crippen LogP contribution in [0.5, 0.6) is 0 Å². The van der Waals surface area contributed by atoms with E-state index in [4.69, 9.17) is 4.42 Å². The molecule has 2 nitrogen and oxygen atoms in total. The summed E-state index contributed by atoms with van der Waals surface area (Å²) in [5.41, 5.74) is 0.